The number of hydrogen-bond acceptors (Lipinski definition) is 8. The number of nitrogens with zero attached hydrogens (tertiary/aromatic N) is 5. The smallest absolute Gasteiger partial charge is 0.272 e. The van der Waals surface area contributed by atoms with Gasteiger partial charge in [0.2, 0.25) is 0 Å². The first-order valence-corrected chi connectivity index (χ1v) is 8.28. The number of halogens is 1. The van der Waals surface area contributed by atoms with Crippen molar-refractivity contribution in [2.45, 2.75) is 6.92 Å². The molecule has 0 bridgehead atoms. The molecule has 144 valence electrons. The van der Waals surface area contributed by atoms with Crippen LogP contribution >= 0.6 is 0 Å². The lowest BCUT2D eigenvalue weighted by molar-refractivity contribution is -0.385. The highest BCUT2D eigenvalue weighted by molar-refractivity contribution is 5.76. The van der Waals surface area contributed by atoms with Crippen molar-refractivity contribution in [2.75, 3.05) is 11.1 Å². The van der Waals surface area contributed by atoms with Gasteiger partial charge in [-0.05, 0) is 25.1 Å². The van der Waals surface area contributed by atoms with Crippen LogP contribution in [-0.4, -0.2) is 9.91 Å². The van der Waals surface area contributed by atoms with Crippen LogP contribution < -0.4 is 11.1 Å². The number of nitrogens with one attached hydrogen (secondary N) is 1. The van der Waals surface area contributed by atoms with Crippen molar-refractivity contribution in [3.63, 3.8) is 0 Å². The zero-order valence-electron chi connectivity index (χ0n) is 15.1. The van der Waals surface area contributed by atoms with Gasteiger partial charge in [0, 0.05) is 17.3 Å². The van der Waals surface area contributed by atoms with Crippen LogP contribution in [0.1, 0.15) is 11.1 Å². The number of rotatable bonds is 5. The first-order chi connectivity index (χ1) is 13.9. The van der Waals surface area contributed by atoms with Crippen molar-refractivity contribution >= 4 is 34.4 Å². The monoisotopic (exact) mass is 391 g/mol. The number of non-ortho nitro benzene ring substituents is 1. The highest BCUT2D eigenvalue weighted by Gasteiger charge is 2.17. The minimum Gasteiger partial charge on any atom is -0.383 e. The van der Waals surface area contributed by atoms with E-state index in [1.165, 1.54) is 0 Å². The number of nitriles is 1. The number of nitrogens with two attached hydrogens (primary N) is 1. The fourth-order valence-electron chi connectivity index (χ4n) is 2.52. The Morgan fingerprint density at radius 3 is 2.59 bits per heavy atom. The van der Waals surface area contributed by atoms with E-state index in [1.807, 2.05) is 24.3 Å². The lowest BCUT2D eigenvalue weighted by atomic mass is 10.1. The molecule has 3 rings (SSSR count). The molecule has 1 heterocycles. The fourth-order valence-corrected chi connectivity index (χ4v) is 2.52. The molecule has 0 fully saturated rings. The van der Waals surface area contributed by atoms with E-state index in [0.29, 0.717) is 11.3 Å². The number of nitrogen functional groups attached to an aromatic ring is 1. The van der Waals surface area contributed by atoms with Gasteiger partial charge in [-0.1, -0.05) is 18.2 Å². The molecule has 1 aromatic heterocycles. The van der Waals surface area contributed by atoms with E-state index in [1.54, 1.807) is 19.1 Å². The van der Waals surface area contributed by atoms with Crippen molar-refractivity contribution in [1.82, 2.24) is 4.98 Å². The van der Waals surface area contributed by atoms with Crippen molar-refractivity contribution in [3.8, 4) is 6.07 Å². The Morgan fingerprint density at radius 1 is 1.24 bits per heavy atom. The van der Waals surface area contributed by atoms with Gasteiger partial charge in [0.25, 0.3) is 5.69 Å². The van der Waals surface area contributed by atoms with Crippen LogP contribution in [0.15, 0.2) is 58.8 Å². The molecule has 0 saturated heterocycles. The molecule has 0 aliphatic rings. The van der Waals surface area contributed by atoms with E-state index in [0.717, 1.165) is 18.2 Å². The summed E-state index contributed by atoms with van der Waals surface area (Å²) in [7, 11) is 0. The quantitative estimate of drug-likeness (QED) is 0.354. The van der Waals surface area contributed by atoms with Gasteiger partial charge in [0.15, 0.2) is 11.6 Å². The molecule has 0 unspecified atom stereocenters. The molecule has 0 saturated carbocycles. The van der Waals surface area contributed by atoms with Crippen LogP contribution in [-0.2, 0) is 0 Å². The Hall–Kier alpha value is -4.39. The summed E-state index contributed by atoms with van der Waals surface area (Å²) in [4.78, 5) is 14.2. The number of hydrogen-bond donors (Lipinski definition) is 2. The molecule has 0 amide bonds. The minimum atomic E-state index is -0.901. The highest BCUT2D eigenvalue weighted by Crippen LogP contribution is 2.35. The molecule has 10 heteroatoms. The van der Waals surface area contributed by atoms with Gasteiger partial charge in [-0.25, -0.2) is 9.37 Å². The summed E-state index contributed by atoms with van der Waals surface area (Å²) in [6, 6.07) is 14.0. The topological polar surface area (TPSA) is 143 Å². The van der Waals surface area contributed by atoms with E-state index in [4.69, 9.17) is 5.73 Å². The minimum absolute atomic E-state index is 0.0175. The maximum absolute atomic E-state index is 14.1. The zero-order valence-corrected chi connectivity index (χ0v) is 15.1. The highest BCUT2D eigenvalue weighted by atomic mass is 19.1. The largest absolute Gasteiger partial charge is 0.383 e. The fraction of sp³-hybridized carbons (Fsp3) is 0.0526. The number of para-hydroxylation sites is 1. The number of azo groups is 1. The zero-order chi connectivity index (χ0) is 21.0. The molecular weight excluding hydrogens is 377 g/mol. The SMILES string of the molecule is Cc1c(C#N)c(N)nc(Nc2ccccc2)c1/N=N/c1ccc([N+](=O)[O-])cc1F. The Morgan fingerprint density at radius 2 is 1.97 bits per heavy atom. The van der Waals surface area contributed by atoms with Gasteiger partial charge < -0.3 is 11.1 Å². The normalized spacial score (nSPS) is 10.7. The first-order valence-electron chi connectivity index (χ1n) is 8.28. The van der Waals surface area contributed by atoms with Gasteiger partial charge in [-0.15, -0.1) is 10.2 Å². The standard InChI is InChI=1S/C19H14FN7O2/c1-11-14(10-21)18(22)24-19(23-12-5-3-2-4-6-12)17(11)26-25-16-8-7-13(27(28)29)9-15(16)20/h2-9H,1H3,(H3,22,23,24)/b26-25+. The van der Waals surface area contributed by atoms with Crippen molar-refractivity contribution in [3.05, 3.63) is 75.6 Å². The number of pyridine rings is 1. The average Bonchev–Trinajstić information content (AvgIpc) is 2.69. The van der Waals surface area contributed by atoms with Crippen LogP contribution in [0.2, 0.25) is 0 Å². The van der Waals surface area contributed by atoms with Crippen molar-refractivity contribution in [2.24, 2.45) is 10.2 Å². The number of nitro groups is 1. The number of benzene rings is 2. The number of nitro benzene ring substituents is 1. The molecule has 0 atom stereocenters. The van der Waals surface area contributed by atoms with Gasteiger partial charge in [0.1, 0.15) is 23.3 Å². The summed E-state index contributed by atoms with van der Waals surface area (Å²) in [6.45, 7) is 1.62. The summed E-state index contributed by atoms with van der Waals surface area (Å²) in [5, 5.41) is 31.0. The summed E-state index contributed by atoms with van der Waals surface area (Å²) in [6.07, 6.45) is 0. The van der Waals surface area contributed by atoms with Gasteiger partial charge in [0.05, 0.1) is 16.6 Å². The third-order valence-electron chi connectivity index (χ3n) is 3.99. The van der Waals surface area contributed by atoms with Gasteiger partial charge in [-0.2, -0.15) is 5.26 Å². The second kappa shape index (κ2) is 8.10. The van der Waals surface area contributed by atoms with Gasteiger partial charge >= 0.3 is 0 Å². The molecule has 2 aromatic carbocycles. The average molecular weight is 391 g/mol. The van der Waals surface area contributed by atoms with Crippen LogP contribution in [0.25, 0.3) is 0 Å². The maximum atomic E-state index is 14.1. The molecule has 9 nitrogen and oxygen atoms in total. The predicted octanol–water partition coefficient (Wildman–Crippen LogP) is 5.05. The van der Waals surface area contributed by atoms with Crippen LogP contribution in [0.4, 0.5) is 38.8 Å². The Balaban J connectivity index is 2.06. The maximum Gasteiger partial charge on any atom is 0.272 e. The summed E-state index contributed by atoms with van der Waals surface area (Å²) in [5.41, 5.74) is 6.69. The number of anilines is 3. The third kappa shape index (κ3) is 4.14. The van der Waals surface area contributed by atoms with E-state index in [9.17, 15) is 19.8 Å². The van der Waals surface area contributed by atoms with E-state index in [2.05, 4.69) is 20.5 Å². The summed E-state index contributed by atoms with van der Waals surface area (Å²) < 4.78 is 14.1. The van der Waals surface area contributed by atoms with Gasteiger partial charge in [-0.3, -0.25) is 10.1 Å². The summed E-state index contributed by atoms with van der Waals surface area (Å²) >= 11 is 0. The van der Waals surface area contributed by atoms with Crippen LogP contribution in [0.5, 0.6) is 0 Å². The van der Waals surface area contributed by atoms with E-state index in [-0.39, 0.29) is 28.6 Å². The molecule has 0 aliphatic carbocycles. The molecule has 0 aliphatic heterocycles. The summed E-state index contributed by atoms with van der Waals surface area (Å²) in [5.74, 6) is -0.651. The first kappa shape index (κ1) is 19.4. The third-order valence-corrected chi connectivity index (χ3v) is 3.99. The van der Waals surface area contributed by atoms with E-state index >= 15 is 0 Å². The Kier molecular flexibility index (Phi) is 5.41. The second-order valence-electron chi connectivity index (χ2n) is 5.89. The lowest BCUT2D eigenvalue weighted by Crippen LogP contribution is -2.03. The second-order valence-corrected chi connectivity index (χ2v) is 5.89. The molecular formula is C19H14FN7O2. The molecule has 29 heavy (non-hydrogen) atoms. The Bertz CT molecular complexity index is 1160. The van der Waals surface area contributed by atoms with Crippen molar-refractivity contribution < 1.29 is 9.31 Å². The predicted molar refractivity (Wildman–Crippen MR) is 105 cm³/mol. The van der Waals surface area contributed by atoms with Crippen LogP contribution in [0, 0.1) is 34.2 Å². The molecule has 3 aromatic rings. The lowest BCUT2D eigenvalue weighted by Gasteiger charge is -2.12. The van der Waals surface area contributed by atoms with Crippen LogP contribution in [0.3, 0.4) is 0 Å². The van der Waals surface area contributed by atoms with E-state index < -0.39 is 16.4 Å². The molecule has 0 spiro atoms. The number of aromatic nitrogens is 1. The Labute approximate surface area is 164 Å². The molecule has 0 radical (unpaired) electrons. The van der Waals surface area contributed by atoms with Crippen molar-refractivity contribution in [1.29, 1.82) is 5.26 Å². The molecule has 3 N–H and O–H groups in total.